The summed E-state index contributed by atoms with van der Waals surface area (Å²) in [5.41, 5.74) is 2.75. The summed E-state index contributed by atoms with van der Waals surface area (Å²) in [4.78, 5) is 38.7. The maximum Gasteiger partial charge on any atom is 0.188 e. The number of aliphatic hydroxyl groups is 3. The van der Waals surface area contributed by atoms with E-state index in [1.165, 1.54) is 36.7 Å². The zero-order valence-electron chi connectivity index (χ0n) is 27.2. The zero-order chi connectivity index (χ0) is 37.0. The number of allylic oxidation sites excluding steroid dienone is 3. The average molecular weight is 705 g/mol. The predicted molar refractivity (Wildman–Crippen MR) is 191 cm³/mol. The first-order chi connectivity index (χ1) is 25.2. The number of hydrogen-bond acceptors (Lipinski definition) is 16. The van der Waals surface area contributed by atoms with Crippen LogP contribution in [0.4, 0.5) is 0 Å². The van der Waals surface area contributed by atoms with Crippen LogP contribution in [0.2, 0.25) is 0 Å². The van der Waals surface area contributed by atoms with E-state index >= 15 is 0 Å². The molecule has 0 bridgehead atoms. The number of nitrogens with zero attached hydrogens (tertiary/aromatic N) is 7. The van der Waals surface area contributed by atoms with Gasteiger partial charge in [0.2, 0.25) is 0 Å². The van der Waals surface area contributed by atoms with Gasteiger partial charge in [-0.15, -0.1) is 0 Å². The summed E-state index contributed by atoms with van der Waals surface area (Å²) in [5.74, 6) is 0.369. The monoisotopic (exact) mass is 704 g/mol. The van der Waals surface area contributed by atoms with Gasteiger partial charge >= 0.3 is 0 Å². The second kappa shape index (κ2) is 16.8. The van der Waals surface area contributed by atoms with Crippen molar-refractivity contribution in [2.24, 2.45) is 15.0 Å². The van der Waals surface area contributed by atoms with E-state index in [1.807, 2.05) is 0 Å². The molecule has 0 saturated carbocycles. The van der Waals surface area contributed by atoms with Gasteiger partial charge in [0, 0.05) is 56.6 Å². The normalized spacial score (nSPS) is 16.8. The second-order valence-corrected chi connectivity index (χ2v) is 10.7. The van der Waals surface area contributed by atoms with Crippen molar-refractivity contribution in [3.8, 4) is 34.4 Å². The van der Waals surface area contributed by atoms with Gasteiger partial charge in [-0.05, 0) is 60.7 Å². The summed E-state index contributed by atoms with van der Waals surface area (Å²) in [7, 11) is 0. The Kier molecular flexibility index (Phi) is 11.6. The van der Waals surface area contributed by atoms with Crippen LogP contribution in [0.15, 0.2) is 129 Å². The molecule has 264 valence electrons. The first-order valence-corrected chi connectivity index (χ1v) is 15.5. The Morgan fingerprint density at radius 3 is 1.46 bits per heavy atom. The van der Waals surface area contributed by atoms with Gasteiger partial charge < -0.3 is 41.1 Å². The van der Waals surface area contributed by atoms with E-state index in [0.717, 1.165) is 0 Å². The van der Waals surface area contributed by atoms with Crippen LogP contribution in [0.1, 0.15) is 24.2 Å². The fourth-order valence-electron chi connectivity index (χ4n) is 4.75. The number of aromatic hydroxyl groups is 4. The molecule has 16 nitrogen and oxygen atoms in total. The molecule has 0 aromatic carbocycles. The van der Waals surface area contributed by atoms with E-state index in [2.05, 4.69) is 40.2 Å². The molecule has 0 aliphatic carbocycles. The minimum Gasteiger partial charge on any atom is -0.510 e. The van der Waals surface area contributed by atoms with Crippen LogP contribution in [0.3, 0.4) is 0 Å². The highest BCUT2D eigenvalue weighted by molar-refractivity contribution is 6.12. The third kappa shape index (κ3) is 8.61. The molecule has 8 N–H and O–H groups in total. The van der Waals surface area contributed by atoms with Crippen molar-refractivity contribution in [1.29, 1.82) is 0 Å². The molecule has 0 fully saturated rings. The number of aliphatic hydroxyl groups excluding tert-OH is 3. The van der Waals surface area contributed by atoms with E-state index in [9.17, 15) is 40.5 Å². The highest BCUT2D eigenvalue weighted by Crippen LogP contribution is 2.31. The molecule has 16 heteroatoms. The number of carbonyl (C=O) groups is 1. The van der Waals surface area contributed by atoms with Crippen molar-refractivity contribution in [2.75, 3.05) is 13.1 Å². The van der Waals surface area contributed by atoms with E-state index in [0.29, 0.717) is 60.1 Å². The first kappa shape index (κ1) is 35.9. The first-order valence-electron chi connectivity index (χ1n) is 15.5. The van der Waals surface area contributed by atoms with Gasteiger partial charge in [0.05, 0.1) is 6.54 Å². The Bertz CT molecular complexity index is 2150. The summed E-state index contributed by atoms with van der Waals surface area (Å²) < 4.78 is 0. The molecular formula is C36H32N8O8. The quantitative estimate of drug-likeness (QED) is 0.138. The van der Waals surface area contributed by atoms with Crippen LogP contribution in [-0.4, -0.2) is 92.7 Å². The lowest BCUT2D eigenvalue weighted by atomic mass is 10.2. The molecular weight excluding hydrogens is 672 g/mol. The predicted octanol–water partition coefficient (Wildman–Crippen LogP) is 4.36. The second-order valence-electron chi connectivity index (χ2n) is 10.7. The number of aliphatic imine (C=N–C) groups is 3. The van der Waals surface area contributed by atoms with Gasteiger partial charge in [-0.25, -0.2) is 0 Å². The molecule has 0 unspecified atom stereocenters. The Hall–Kier alpha value is -7.36. The molecule has 4 aliphatic heterocycles. The minimum atomic E-state index is -0.0423. The fraction of sp³-hybridized carbons (Fsp3) is 0.111. The Morgan fingerprint density at radius 1 is 0.558 bits per heavy atom. The van der Waals surface area contributed by atoms with E-state index in [1.54, 1.807) is 61.2 Å². The smallest absolute Gasteiger partial charge is 0.188 e. The number of rotatable bonds is 3. The van der Waals surface area contributed by atoms with Gasteiger partial charge in [0.15, 0.2) is 5.78 Å². The molecule has 8 rings (SSSR count). The van der Waals surface area contributed by atoms with Gasteiger partial charge in [-0.3, -0.25) is 39.7 Å². The van der Waals surface area contributed by atoms with Crippen LogP contribution in [0, 0.1) is 0 Å². The molecule has 52 heavy (non-hydrogen) atoms. The van der Waals surface area contributed by atoms with Crippen molar-refractivity contribution in [3.63, 3.8) is 0 Å². The van der Waals surface area contributed by atoms with Crippen molar-refractivity contribution in [1.82, 2.24) is 25.3 Å². The molecule has 4 aromatic rings. The number of Topliss-reactive ketones (excluding diaryl/α,β-unsaturated/α-hetero) is 1. The average Bonchev–Trinajstić information content (AvgIpc) is 3.96. The molecule has 0 radical (unpaired) electrons. The van der Waals surface area contributed by atoms with Gasteiger partial charge in [-0.1, -0.05) is 0 Å². The number of carbonyl (C=O) groups excluding carboxylic acids is 1. The molecule has 0 amide bonds. The van der Waals surface area contributed by atoms with Crippen molar-refractivity contribution in [2.45, 2.75) is 12.8 Å². The Labute approximate surface area is 296 Å². The van der Waals surface area contributed by atoms with Gasteiger partial charge in [-0.2, -0.15) is 0 Å². The fourth-order valence-corrected chi connectivity index (χ4v) is 4.75. The Morgan fingerprint density at radius 2 is 1.06 bits per heavy atom. The third-order valence-electron chi connectivity index (χ3n) is 7.20. The summed E-state index contributed by atoms with van der Waals surface area (Å²) >= 11 is 0. The van der Waals surface area contributed by atoms with E-state index in [-0.39, 0.29) is 57.4 Å². The summed E-state index contributed by atoms with van der Waals surface area (Å²) in [5, 5.41) is 68.6. The lowest BCUT2D eigenvalue weighted by molar-refractivity contribution is -0.114. The lowest BCUT2D eigenvalue weighted by Gasteiger charge is -2.03. The number of hydrogen-bond donors (Lipinski definition) is 8. The molecule has 0 spiro atoms. The molecule has 8 heterocycles. The maximum atomic E-state index is 11.1. The lowest BCUT2D eigenvalue weighted by Crippen LogP contribution is -2.11. The topological polar surface area (TPSA) is 259 Å². The SMILES string of the molecule is O=C1CC=NC1=C1NCC=C1O.OC1=C(c2ncccc2O)N=CC1.OC1=CCN=C1c1ncccc1O.Oc1cccnc1-c1ncccc1O. The summed E-state index contributed by atoms with van der Waals surface area (Å²) in [6.07, 6.45) is 13.2. The van der Waals surface area contributed by atoms with Crippen LogP contribution >= 0.6 is 0 Å². The highest BCUT2D eigenvalue weighted by atomic mass is 16.3. The van der Waals surface area contributed by atoms with Crippen LogP contribution < -0.4 is 5.32 Å². The van der Waals surface area contributed by atoms with Gasteiger partial charge in [0.1, 0.15) is 85.9 Å². The molecule has 0 saturated heterocycles. The minimum absolute atomic E-state index is 0.00139. The summed E-state index contributed by atoms with van der Waals surface area (Å²) in [6.45, 7) is 1.00. The zero-order valence-corrected chi connectivity index (χ0v) is 27.2. The van der Waals surface area contributed by atoms with E-state index < -0.39 is 0 Å². The largest absolute Gasteiger partial charge is 0.510 e. The summed E-state index contributed by atoms with van der Waals surface area (Å²) in [6, 6.07) is 12.5. The van der Waals surface area contributed by atoms with Crippen LogP contribution in [0.5, 0.6) is 23.0 Å². The van der Waals surface area contributed by atoms with Crippen molar-refractivity contribution < 1.29 is 40.5 Å². The molecule has 4 aliphatic rings. The Balaban J connectivity index is 0.000000134. The molecule has 0 atom stereocenters. The van der Waals surface area contributed by atoms with Crippen LogP contribution in [0.25, 0.3) is 17.1 Å². The molecule has 4 aromatic heterocycles. The highest BCUT2D eigenvalue weighted by Gasteiger charge is 2.22. The number of pyridine rings is 4. The van der Waals surface area contributed by atoms with E-state index in [4.69, 9.17) is 0 Å². The van der Waals surface area contributed by atoms with Crippen molar-refractivity contribution in [3.05, 3.63) is 126 Å². The van der Waals surface area contributed by atoms with Gasteiger partial charge in [0.25, 0.3) is 0 Å². The number of nitrogens with one attached hydrogen (secondary N) is 1. The van der Waals surface area contributed by atoms with Crippen molar-refractivity contribution >= 4 is 29.6 Å². The number of ketones is 1. The number of aromatic nitrogens is 4. The standard InChI is InChI=1S/C10H8N2O2.2C9H8N2O2.C8H8N2O2/c13-7-3-1-5-11-9(7)10-8(14)4-2-6-12-10;2*12-6-2-1-4-10-8(6)9-7(13)3-5-11-9;11-5-1-3-9-7(5)8-6(12)2-4-10-8/h1-6,13-14H;1-2,4-5,12-13H,3H2;1-4,12-13H,5H2;1,4,9,11H,2-3H2. The van der Waals surface area contributed by atoms with Crippen LogP contribution in [-0.2, 0) is 4.79 Å². The maximum absolute atomic E-state index is 11.1. The third-order valence-corrected chi connectivity index (χ3v) is 7.20.